The average molecular weight is 1290 g/mol. The van der Waals surface area contributed by atoms with E-state index >= 15 is 0 Å². The van der Waals surface area contributed by atoms with E-state index in [4.69, 9.17) is 15.2 Å². The number of pyridine rings is 5. The maximum absolute atomic E-state index is 13.4. The van der Waals surface area contributed by atoms with Gasteiger partial charge in [0.2, 0.25) is 0 Å². The molecule has 17 heteroatoms. The van der Waals surface area contributed by atoms with Crippen LogP contribution in [0.4, 0.5) is 17.1 Å². The summed E-state index contributed by atoms with van der Waals surface area (Å²) in [6.45, 7) is 10.9. The van der Waals surface area contributed by atoms with Crippen LogP contribution < -0.4 is 51.0 Å². The minimum absolute atomic E-state index is 0. The number of fused-ring (bicyclic) bond motifs is 3. The molecule has 0 unspecified atom stereocenters. The van der Waals surface area contributed by atoms with E-state index in [2.05, 4.69) is 35.6 Å². The van der Waals surface area contributed by atoms with Crippen molar-refractivity contribution in [1.29, 1.82) is 0 Å². The van der Waals surface area contributed by atoms with Gasteiger partial charge in [-0.3, -0.25) is 34.5 Å². The molecule has 0 aliphatic heterocycles. The van der Waals surface area contributed by atoms with Gasteiger partial charge < -0.3 is 35.7 Å². The van der Waals surface area contributed by atoms with Crippen LogP contribution in [0, 0.1) is 0 Å². The van der Waals surface area contributed by atoms with E-state index in [9.17, 15) is 29.1 Å². The van der Waals surface area contributed by atoms with Crippen LogP contribution in [-0.4, -0.2) is 65.8 Å². The van der Waals surface area contributed by atoms with Crippen LogP contribution in [-0.2, 0) is 9.47 Å². The number of nitrogen functional groups attached to an aromatic ring is 1. The number of ether oxygens (including phenoxy) is 2. The molecule has 8 aromatic carbocycles. The zero-order chi connectivity index (χ0) is 67.5. The fourth-order valence-corrected chi connectivity index (χ4v) is 10.7. The molecule has 16 nitrogen and oxygen atoms in total. The minimum atomic E-state index is -1.38. The van der Waals surface area contributed by atoms with Crippen LogP contribution in [0.3, 0.4) is 0 Å². The quantitative estimate of drug-likeness (QED) is 0.0586. The number of carbonyl (C=O) groups is 5. The van der Waals surface area contributed by atoms with Gasteiger partial charge in [-0.1, -0.05) is 158 Å². The Balaban J connectivity index is 0.000000161. The third kappa shape index (κ3) is 16.9. The zero-order valence-electron chi connectivity index (χ0n) is 54.4. The van der Waals surface area contributed by atoms with Gasteiger partial charge in [-0.05, 0) is 128 Å². The number of amides is 2. The second-order valence-electron chi connectivity index (χ2n) is 24.4. The van der Waals surface area contributed by atoms with Crippen molar-refractivity contribution < 1.29 is 68.1 Å². The number of carboxylic acid groups (broad SMARTS) is 1. The molecule has 0 bridgehead atoms. The number of aromatic nitrogens is 5. The summed E-state index contributed by atoms with van der Waals surface area (Å²) in [6.07, 6.45) is 17.1. The summed E-state index contributed by atoms with van der Waals surface area (Å²) in [7, 11) is 0. The minimum Gasteiger partial charge on any atom is -0.545 e. The Kier molecular flexibility index (Phi) is 21.3. The number of carbonyl (C=O) groups excluding carboxylic acids is 5. The SMILES string of the molecule is CC(C)(C)OC(=O)c1ccc(-c2cncc3ccccc23)cc1N.CC(C)(C)OC(=O)c1ccc(-c2cncc3ccccc23)cc1NC(=O)c1cncc(-c2ccccc2)c1.O=C(Nc1cc(-c2cncc3ccccc23)ccc1C(=O)[O-])c1cncc(-c2ccccc2)c1.[Na+]. The molecule has 474 valence electrons. The fourth-order valence-electron chi connectivity index (χ4n) is 10.7. The smallest absolute Gasteiger partial charge is 0.545 e. The zero-order valence-corrected chi connectivity index (χ0v) is 56.4. The summed E-state index contributed by atoms with van der Waals surface area (Å²) >= 11 is 0. The standard InChI is InChI=1S/C32H27N3O3.C28H19N3O3.C20H20N2O2.Na/c1-32(2,3)38-31(37)27-14-13-22(28-20-34-17-23-11-7-8-12-26(23)28)16-29(27)35-30(36)25-15-24(18-33-19-25)21-9-5-4-6-10-21;32-27(22-12-21(15-29-16-22)18-6-2-1-3-7-18)31-26-13-19(10-11-24(26)28(33)34)25-17-30-14-20-8-4-5-9-23(20)25;1-20(2,3)24-19(23)16-9-8-13(10-18(16)21)17-12-22-11-14-6-4-5-7-15(14)17;/h4-20H,1-3H3,(H,35,36);1-17H,(H,31,32)(H,33,34);4-12H,21H2,1-3H3;/q;;;+1/p-1. The van der Waals surface area contributed by atoms with Crippen LogP contribution in [0.5, 0.6) is 0 Å². The summed E-state index contributed by atoms with van der Waals surface area (Å²) in [6, 6.07) is 62.0. The van der Waals surface area contributed by atoms with Gasteiger partial charge in [-0.15, -0.1) is 0 Å². The van der Waals surface area contributed by atoms with E-state index < -0.39 is 35.0 Å². The summed E-state index contributed by atoms with van der Waals surface area (Å²) in [5, 5.41) is 23.5. The number of nitrogens with two attached hydrogens (primary N) is 1. The third-order valence-corrected chi connectivity index (χ3v) is 15.2. The Morgan fingerprint density at radius 2 is 0.701 bits per heavy atom. The molecule has 0 radical (unpaired) electrons. The van der Waals surface area contributed by atoms with Gasteiger partial charge in [-0.2, -0.15) is 0 Å². The van der Waals surface area contributed by atoms with Crippen LogP contribution in [0.15, 0.2) is 262 Å². The van der Waals surface area contributed by atoms with Crippen molar-refractivity contribution in [1.82, 2.24) is 24.9 Å². The van der Waals surface area contributed by atoms with Crippen LogP contribution in [0.1, 0.15) is 93.3 Å². The number of hydrogen-bond donors (Lipinski definition) is 3. The van der Waals surface area contributed by atoms with E-state index in [1.807, 2.05) is 185 Å². The normalized spacial score (nSPS) is 11.0. The molecule has 0 aliphatic carbocycles. The van der Waals surface area contributed by atoms with Crippen molar-refractivity contribution in [3.63, 3.8) is 0 Å². The number of nitrogens with zero attached hydrogens (tertiary/aromatic N) is 5. The van der Waals surface area contributed by atoms with Gasteiger partial charge in [0.25, 0.3) is 11.8 Å². The van der Waals surface area contributed by atoms with Crippen LogP contribution in [0.2, 0.25) is 0 Å². The summed E-state index contributed by atoms with van der Waals surface area (Å²) in [5.41, 5.74) is 15.6. The predicted octanol–water partition coefficient (Wildman–Crippen LogP) is 13.2. The van der Waals surface area contributed by atoms with Crippen molar-refractivity contribution in [2.24, 2.45) is 0 Å². The first-order valence-corrected chi connectivity index (χ1v) is 30.7. The van der Waals surface area contributed by atoms with E-state index in [1.54, 1.807) is 100 Å². The Bertz CT molecular complexity index is 5060. The maximum atomic E-state index is 13.4. The first-order chi connectivity index (χ1) is 46.2. The molecule has 0 fully saturated rings. The molecule has 0 atom stereocenters. The van der Waals surface area contributed by atoms with Crippen LogP contribution in [0.25, 0.3) is 88.0 Å². The molecule has 2 amide bonds. The molecule has 5 heterocycles. The molecular weight excluding hydrogens is 1220 g/mol. The largest absolute Gasteiger partial charge is 1.00 e. The molecule has 5 aromatic heterocycles. The average Bonchev–Trinajstić information content (AvgIpc) is 0.830. The first-order valence-electron chi connectivity index (χ1n) is 30.7. The van der Waals surface area contributed by atoms with E-state index in [-0.39, 0.29) is 52.3 Å². The van der Waals surface area contributed by atoms with Gasteiger partial charge in [0, 0.05) is 117 Å². The number of hydrogen-bond acceptors (Lipinski definition) is 14. The monoisotopic (exact) mass is 1290 g/mol. The summed E-state index contributed by atoms with van der Waals surface area (Å²) < 4.78 is 11.0. The van der Waals surface area contributed by atoms with E-state index in [0.29, 0.717) is 28.1 Å². The van der Waals surface area contributed by atoms with E-state index in [1.165, 1.54) is 18.5 Å². The number of benzene rings is 8. The number of carboxylic acids is 1. The second-order valence-corrected chi connectivity index (χ2v) is 24.4. The van der Waals surface area contributed by atoms with Crippen molar-refractivity contribution in [3.8, 4) is 55.6 Å². The summed E-state index contributed by atoms with van der Waals surface area (Å²) in [5.74, 6) is -3.17. The molecule has 0 aliphatic rings. The van der Waals surface area contributed by atoms with Crippen molar-refractivity contribution >= 4 is 79.1 Å². The van der Waals surface area contributed by atoms with Crippen molar-refractivity contribution in [2.45, 2.75) is 52.7 Å². The van der Waals surface area contributed by atoms with Gasteiger partial charge in [0.1, 0.15) is 11.2 Å². The number of aromatic carboxylic acids is 1. The molecule has 4 N–H and O–H groups in total. The number of anilines is 3. The fraction of sp³-hybridized carbons (Fsp3) is 0.100. The van der Waals surface area contributed by atoms with Crippen molar-refractivity contribution in [2.75, 3.05) is 16.4 Å². The topological polar surface area (TPSA) is 241 Å². The number of nitrogens with one attached hydrogen (secondary N) is 2. The van der Waals surface area contributed by atoms with E-state index in [0.717, 1.165) is 88.0 Å². The molecule has 0 saturated carbocycles. The maximum Gasteiger partial charge on any atom is 1.00 e. The Hall–Kier alpha value is -11.6. The van der Waals surface area contributed by atoms with Gasteiger partial charge >= 0.3 is 41.5 Å². The second kappa shape index (κ2) is 30.2. The molecule has 13 aromatic rings. The van der Waals surface area contributed by atoms with Gasteiger partial charge in [-0.25, -0.2) is 9.59 Å². The third-order valence-electron chi connectivity index (χ3n) is 15.2. The molecule has 97 heavy (non-hydrogen) atoms. The predicted molar refractivity (Wildman–Crippen MR) is 376 cm³/mol. The first kappa shape index (κ1) is 68.3. The Morgan fingerprint density at radius 1 is 0.361 bits per heavy atom. The van der Waals surface area contributed by atoms with Gasteiger partial charge in [0.05, 0.1) is 39.6 Å². The molecular formula is C80H65N8NaO8. The van der Waals surface area contributed by atoms with Crippen molar-refractivity contribution in [3.05, 3.63) is 290 Å². The number of esters is 2. The molecule has 13 rings (SSSR count). The van der Waals surface area contributed by atoms with Gasteiger partial charge in [0.15, 0.2) is 0 Å². The van der Waals surface area contributed by atoms with Crippen LogP contribution >= 0.6 is 0 Å². The molecule has 0 saturated heterocycles. The Labute approximate surface area is 583 Å². The Morgan fingerprint density at radius 3 is 1.09 bits per heavy atom. The summed E-state index contributed by atoms with van der Waals surface area (Å²) in [4.78, 5) is 85.0. The molecule has 0 spiro atoms. The number of rotatable bonds is 12.